The number of ether oxygens (including phenoxy) is 1. The maximum absolute atomic E-state index is 12.1. The molecule has 0 saturated heterocycles. The summed E-state index contributed by atoms with van der Waals surface area (Å²) in [6.45, 7) is 3.98. The predicted molar refractivity (Wildman–Crippen MR) is 77.3 cm³/mol. The van der Waals surface area contributed by atoms with E-state index in [9.17, 15) is 4.79 Å². The lowest BCUT2D eigenvalue weighted by atomic mass is 9.93. The van der Waals surface area contributed by atoms with E-state index in [-0.39, 0.29) is 17.9 Å². The maximum atomic E-state index is 12.1. The average Bonchev–Trinajstić information content (AvgIpc) is 2.41. The molecule has 1 aromatic carbocycles. The van der Waals surface area contributed by atoms with Gasteiger partial charge in [0.1, 0.15) is 5.75 Å². The van der Waals surface area contributed by atoms with Crippen molar-refractivity contribution >= 4 is 11.6 Å². The van der Waals surface area contributed by atoms with Crippen LogP contribution in [-0.4, -0.2) is 12.0 Å². The van der Waals surface area contributed by atoms with E-state index < -0.39 is 0 Å². The number of carbonyl (C=O) groups excluding carboxylic acids is 1. The number of amides is 1. The van der Waals surface area contributed by atoms with Crippen LogP contribution in [0.2, 0.25) is 0 Å². The van der Waals surface area contributed by atoms with Crippen LogP contribution >= 0.6 is 0 Å². The van der Waals surface area contributed by atoms with Gasteiger partial charge in [-0.25, -0.2) is 0 Å². The summed E-state index contributed by atoms with van der Waals surface area (Å²) in [6, 6.07) is 7.54. The maximum Gasteiger partial charge on any atom is 0.227 e. The number of hydrogen-bond acceptors (Lipinski definition) is 2. The zero-order chi connectivity index (χ0) is 13.7. The van der Waals surface area contributed by atoms with E-state index in [1.807, 2.05) is 38.1 Å². The van der Waals surface area contributed by atoms with E-state index in [2.05, 4.69) is 17.5 Å². The number of benzene rings is 1. The third-order valence-corrected chi connectivity index (χ3v) is 3.13. The van der Waals surface area contributed by atoms with Gasteiger partial charge in [0.25, 0.3) is 0 Å². The summed E-state index contributed by atoms with van der Waals surface area (Å²) in [5.74, 6) is 1.05. The van der Waals surface area contributed by atoms with Crippen molar-refractivity contribution in [3.05, 3.63) is 36.4 Å². The molecule has 3 heteroatoms. The van der Waals surface area contributed by atoms with Gasteiger partial charge in [-0.3, -0.25) is 4.79 Å². The summed E-state index contributed by atoms with van der Waals surface area (Å²) in [4.78, 5) is 12.1. The number of allylic oxidation sites excluding steroid dienone is 2. The molecular formula is C16H21NO2. The quantitative estimate of drug-likeness (QED) is 0.836. The zero-order valence-electron chi connectivity index (χ0n) is 11.6. The summed E-state index contributed by atoms with van der Waals surface area (Å²) in [6.07, 6.45) is 7.18. The van der Waals surface area contributed by atoms with Crippen LogP contribution in [-0.2, 0) is 4.79 Å². The second-order valence-electron chi connectivity index (χ2n) is 5.16. The van der Waals surface area contributed by atoms with Crippen LogP contribution in [0.15, 0.2) is 36.4 Å². The van der Waals surface area contributed by atoms with E-state index in [0.29, 0.717) is 0 Å². The summed E-state index contributed by atoms with van der Waals surface area (Å²) in [5.41, 5.74) is 0.829. The molecule has 1 N–H and O–H groups in total. The van der Waals surface area contributed by atoms with E-state index >= 15 is 0 Å². The lowest BCUT2D eigenvalue weighted by molar-refractivity contribution is -0.120. The summed E-state index contributed by atoms with van der Waals surface area (Å²) in [7, 11) is 0. The SMILES string of the molecule is CC(C)Oc1ccc(NC(=O)[C@H]2CC=CCC2)cc1. The summed E-state index contributed by atoms with van der Waals surface area (Å²) >= 11 is 0. The molecular weight excluding hydrogens is 238 g/mol. The van der Waals surface area contributed by atoms with Gasteiger partial charge in [-0.1, -0.05) is 12.2 Å². The highest BCUT2D eigenvalue weighted by molar-refractivity contribution is 5.92. The molecule has 1 atom stereocenters. The fraction of sp³-hybridized carbons (Fsp3) is 0.438. The molecule has 1 aromatic rings. The molecule has 2 rings (SSSR count). The Labute approximate surface area is 114 Å². The molecule has 0 heterocycles. The molecule has 0 unspecified atom stereocenters. The predicted octanol–water partition coefficient (Wildman–Crippen LogP) is 3.77. The minimum absolute atomic E-state index is 0.108. The molecule has 0 bridgehead atoms. The zero-order valence-corrected chi connectivity index (χ0v) is 11.6. The van der Waals surface area contributed by atoms with E-state index in [0.717, 1.165) is 30.7 Å². The number of hydrogen-bond donors (Lipinski definition) is 1. The summed E-state index contributed by atoms with van der Waals surface area (Å²) < 4.78 is 5.57. The Hall–Kier alpha value is -1.77. The van der Waals surface area contributed by atoms with Crippen LogP contribution in [0.4, 0.5) is 5.69 Å². The van der Waals surface area contributed by atoms with Gasteiger partial charge in [0.2, 0.25) is 5.91 Å². The van der Waals surface area contributed by atoms with Crippen molar-refractivity contribution in [2.24, 2.45) is 5.92 Å². The topological polar surface area (TPSA) is 38.3 Å². The van der Waals surface area contributed by atoms with Crippen molar-refractivity contribution in [1.29, 1.82) is 0 Å². The van der Waals surface area contributed by atoms with Crippen molar-refractivity contribution in [3.8, 4) is 5.75 Å². The number of anilines is 1. The van der Waals surface area contributed by atoms with Gasteiger partial charge in [-0.2, -0.15) is 0 Å². The van der Waals surface area contributed by atoms with Crippen molar-refractivity contribution in [1.82, 2.24) is 0 Å². The minimum atomic E-state index is 0.108. The second-order valence-corrected chi connectivity index (χ2v) is 5.16. The Morgan fingerprint density at radius 3 is 2.58 bits per heavy atom. The van der Waals surface area contributed by atoms with Gasteiger partial charge >= 0.3 is 0 Å². The third kappa shape index (κ3) is 4.12. The molecule has 1 amide bonds. The molecule has 1 aliphatic rings. The van der Waals surface area contributed by atoms with Crippen molar-refractivity contribution in [2.75, 3.05) is 5.32 Å². The van der Waals surface area contributed by atoms with Crippen LogP contribution in [0.1, 0.15) is 33.1 Å². The Kier molecular flexibility index (Phi) is 4.61. The van der Waals surface area contributed by atoms with Gasteiger partial charge in [0.15, 0.2) is 0 Å². The normalized spacial score (nSPS) is 18.4. The van der Waals surface area contributed by atoms with Crippen molar-refractivity contribution < 1.29 is 9.53 Å². The molecule has 0 aliphatic heterocycles. The van der Waals surface area contributed by atoms with Gasteiger partial charge in [-0.05, 0) is 57.4 Å². The van der Waals surface area contributed by atoms with Crippen LogP contribution in [0.5, 0.6) is 5.75 Å². The molecule has 19 heavy (non-hydrogen) atoms. The molecule has 0 saturated carbocycles. The number of nitrogens with one attached hydrogen (secondary N) is 1. The molecule has 0 aromatic heterocycles. The van der Waals surface area contributed by atoms with Crippen LogP contribution in [0.3, 0.4) is 0 Å². The smallest absolute Gasteiger partial charge is 0.227 e. The highest BCUT2D eigenvalue weighted by Gasteiger charge is 2.18. The van der Waals surface area contributed by atoms with E-state index in [1.165, 1.54) is 0 Å². The second kappa shape index (κ2) is 6.41. The van der Waals surface area contributed by atoms with Gasteiger partial charge in [-0.15, -0.1) is 0 Å². The Bertz CT molecular complexity index is 448. The average molecular weight is 259 g/mol. The lowest BCUT2D eigenvalue weighted by Gasteiger charge is -2.17. The Morgan fingerprint density at radius 2 is 2.00 bits per heavy atom. The molecule has 0 spiro atoms. The minimum Gasteiger partial charge on any atom is -0.491 e. The van der Waals surface area contributed by atoms with Gasteiger partial charge in [0, 0.05) is 11.6 Å². The third-order valence-electron chi connectivity index (χ3n) is 3.13. The Morgan fingerprint density at radius 1 is 1.26 bits per heavy atom. The molecule has 102 valence electrons. The highest BCUT2D eigenvalue weighted by Crippen LogP contribution is 2.21. The molecule has 1 aliphatic carbocycles. The monoisotopic (exact) mass is 259 g/mol. The number of carbonyl (C=O) groups is 1. The largest absolute Gasteiger partial charge is 0.491 e. The van der Waals surface area contributed by atoms with Crippen molar-refractivity contribution in [3.63, 3.8) is 0 Å². The van der Waals surface area contributed by atoms with Crippen LogP contribution < -0.4 is 10.1 Å². The van der Waals surface area contributed by atoms with E-state index in [4.69, 9.17) is 4.74 Å². The lowest BCUT2D eigenvalue weighted by Crippen LogP contribution is -2.23. The van der Waals surface area contributed by atoms with E-state index in [1.54, 1.807) is 0 Å². The fourth-order valence-electron chi connectivity index (χ4n) is 2.17. The molecule has 0 radical (unpaired) electrons. The first-order valence-corrected chi connectivity index (χ1v) is 6.88. The van der Waals surface area contributed by atoms with Gasteiger partial charge in [0.05, 0.1) is 6.10 Å². The highest BCUT2D eigenvalue weighted by atomic mass is 16.5. The summed E-state index contributed by atoms with van der Waals surface area (Å²) in [5, 5.41) is 2.96. The number of rotatable bonds is 4. The van der Waals surface area contributed by atoms with Crippen LogP contribution in [0, 0.1) is 5.92 Å². The Balaban J connectivity index is 1.91. The first kappa shape index (κ1) is 13.7. The fourth-order valence-corrected chi connectivity index (χ4v) is 2.17. The first-order chi connectivity index (χ1) is 9.15. The van der Waals surface area contributed by atoms with Crippen molar-refractivity contribution in [2.45, 2.75) is 39.2 Å². The van der Waals surface area contributed by atoms with Crippen LogP contribution in [0.25, 0.3) is 0 Å². The molecule has 0 fully saturated rings. The van der Waals surface area contributed by atoms with Gasteiger partial charge < -0.3 is 10.1 Å². The molecule has 3 nitrogen and oxygen atoms in total. The first-order valence-electron chi connectivity index (χ1n) is 6.88. The standard InChI is InChI=1S/C16H21NO2/c1-12(2)19-15-10-8-14(9-11-15)17-16(18)13-6-4-3-5-7-13/h3-4,8-13H,5-7H2,1-2H3,(H,17,18)/t13-/m0/s1.